The van der Waals surface area contributed by atoms with E-state index in [2.05, 4.69) is 10.00 Å². The number of amides is 1. The molecule has 1 unspecified atom stereocenters. The summed E-state index contributed by atoms with van der Waals surface area (Å²) < 4.78 is 1.74. The van der Waals surface area contributed by atoms with Crippen molar-refractivity contribution in [3.8, 4) is 0 Å². The number of aryl methyl sites for hydroxylation is 1. The Morgan fingerprint density at radius 1 is 1.52 bits per heavy atom. The van der Waals surface area contributed by atoms with E-state index >= 15 is 0 Å². The van der Waals surface area contributed by atoms with Crippen molar-refractivity contribution in [1.82, 2.24) is 19.6 Å². The van der Waals surface area contributed by atoms with Gasteiger partial charge in [-0.25, -0.2) is 0 Å². The third-order valence-corrected chi connectivity index (χ3v) is 4.28. The first-order valence-corrected chi connectivity index (χ1v) is 7.57. The number of piperidine rings is 1. The number of aromatic nitrogens is 2. The highest BCUT2D eigenvalue weighted by Gasteiger charge is 2.24. The summed E-state index contributed by atoms with van der Waals surface area (Å²) in [5.41, 5.74) is 1.04. The summed E-state index contributed by atoms with van der Waals surface area (Å²) in [6.45, 7) is 4.69. The molecule has 2 rings (SSSR count). The number of rotatable bonds is 5. The van der Waals surface area contributed by atoms with Crippen molar-refractivity contribution in [2.45, 2.75) is 32.4 Å². The fourth-order valence-corrected chi connectivity index (χ4v) is 2.82. The number of hydrogen-bond acceptors (Lipinski definition) is 4. The van der Waals surface area contributed by atoms with Crippen LogP contribution in [0.15, 0.2) is 12.4 Å². The molecule has 1 N–H and O–H groups in total. The predicted octanol–water partition coefficient (Wildman–Crippen LogP) is 0.471. The van der Waals surface area contributed by atoms with Gasteiger partial charge in [-0.3, -0.25) is 14.4 Å². The van der Waals surface area contributed by atoms with Crippen LogP contribution < -0.4 is 0 Å². The highest BCUT2D eigenvalue weighted by molar-refractivity contribution is 5.78. The van der Waals surface area contributed by atoms with E-state index in [9.17, 15) is 9.90 Å². The Morgan fingerprint density at radius 2 is 2.19 bits per heavy atom. The second kappa shape index (κ2) is 7.04. The first kappa shape index (κ1) is 16.0. The zero-order valence-corrected chi connectivity index (χ0v) is 13.2. The smallest absolute Gasteiger partial charge is 0.236 e. The van der Waals surface area contributed by atoms with Crippen molar-refractivity contribution in [3.05, 3.63) is 18.0 Å². The number of aliphatic hydroxyl groups excluding tert-OH is 1. The molecule has 0 bridgehead atoms. The van der Waals surface area contributed by atoms with E-state index in [1.54, 1.807) is 15.8 Å². The highest BCUT2D eigenvalue weighted by atomic mass is 16.3. The molecule has 1 aromatic rings. The minimum atomic E-state index is -0.240. The van der Waals surface area contributed by atoms with Crippen LogP contribution in [0.3, 0.4) is 0 Å². The van der Waals surface area contributed by atoms with E-state index < -0.39 is 0 Å². The Balaban J connectivity index is 1.76. The minimum absolute atomic E-state index is 0.134. The lowest BCUT2D eigenvalue weighted by atomic mass is 9.92. The molecule has 6 heteroatoms. The molecule has 6 nitrogen and oxygen atoms in total. The molecule has 2 heterocycles. The molecule has 1 fully saturated rings. The number of hydrogen-bond donors (Lipinski definition) is 1. The molecule has 0 saturated carbocycles. The van der Waals surface area contributed by atoms with Crippen LogP contribution in [0.5, 0.6) is 0 Å². The Bertz CT molecular complexity index is 464. The third-order valence-electron chi connectivity index (χ3n) is 4.28. The predicted molar refractivity (Wildman–Crippen MR) is 80.5 cm³/mol. The SMILES string of the molecule is CC(O)C1CCN(CC(=O)N(C)Cc2cnn(C)c2)CC1. The lowest BCUT2D eigenvalue weighted by molar-refractivity contribution is -0.132. The summed E-state index contributed by atoms with van der Waals surface area (Å²) in [6, 6.07) is 0. The maximum absolute atomic E-state index is 12.2. The molecule has 1 aliphatic heterocycles. The molecule has 0 aromatic carbocycles. The summed E-state index contributed by atoms with van der Waals surface area (Å²) >= 11 is 0. The maximum atomic E-state index is 12.2. The van der Waals surface area contributed by atoms with E-state index in [4.69, 9.17) is 0 Å². The standard InChI is InChI=1S/C15H26N4O2/c1-12(20)14-4-6-19(7-5-14)11-15(21)17(2)9-13-8-16-18(3)10-13/h8,10,12,14,20H,4-7,9,11H2,1-3H3. The lowest BCUT2D eigenvalue weighted by Crippen LogP contribution is -2.43. The van der Waals surface area contributed by atoms with Crippen LogP contribution in [0, 0.1) is 5.92 Å². The van der Waals surface area contributed by atoms with E-state index in [1.807, 2.05) is 27.2 Å². The van der Waals surface area contributed by atoms with Gasteiger partial charge in [0.2, 0.25) is 5.91 Å². The van der Waals surface area contributed by atoms with Gasteiger partial charge in [-0.1, -0.05) is 0 Å². The molecular weight excluding hydrogens is 268 g/mol. The second-order valence-corrected chi connectivity index (χ2v) is 6.13. The van der Waals surface area contributed by atoms with Gasteiger partial charge in [-0.15, -0.1) is 0 Å². The van der Waals surface area contributed by atoms with Crippen LogP contribution in [0.2, 0.25) is 0 Å². The van der Waals surface area contributed by atoms with Crippen LogP contribution in [-0.2, 0) is 18.4 Å². The Kier molecular flexibility index (Phi) is 5.36. The molecule has 1 saturated heterocycles. The van der Waals surface area contributed by atoms with Crippen molar-refractivity contribution in [3.63, 3.8) is 0 Å². The summed E-state index contributed by atoms with van der Waals surface area (Å²) in [4.78, 5) is 16.2. The van der Waals surface area contributed by atoms with Gasteiger partial charge in [0.25, 0.3) is 0 Å². The van der Waals surface area contributed by atoms with Crippen molar-refractivity contribution in [2.24, 2.45) is 13.0 Å². The van der Waals surface area contributed by atoms with Crippen LogP contribution in [0.1, 0.15) is 25.3 Å². The Labute approximate surface area is 126 Å². The molecule has 118 valence electrons. The number of aliphatic hydroxyl groups is 1. The molecular formula is C15H26N4O2. The summed E-state index contributed by atoms with van der Waals surface area (Å²) in [6.07, 6.45) is 5.42. The van der Waals surface area contributed by atoms with Crippen LogP contribution >= 0.6 is 0 Å². The first-order chi connectivity index (χ1) is 9.95. The summed E-state index contributed by atoms with van der Waals surface area (Å²) in [5, 5.41) is 13.7. The Hall–Kier alpha value is -1.40. The fourth-order valence-electron chi connectivity index (χ4n) is 2.82. The lowest BCUT2D eigenvalue weighted by Gasteiger charge is -2.33. The molecule has 0 radical (unpaired) electrons. The van der Waals surface area contributed by atoms with Crippen LogP contribution in [0.4, 0.5) is 0 Å². The third kappa shape index (κ3) is 4.54. The molecule has 21 heavy (non-hydrogen) atoms. The topological polar surface area (TPSA) is 61.6 Å². The van der Waals surface area contributed by atoms with Crippen LogP contribution in [-0.4, -0.2) is 63.4 Å². The van der Waals surface area contributed by atoms with Gasteiger partial charge in [0.05, 0.1) is 18.8 Å². The zero-order chi connectivity index (χ0) is 15.4. The number of likely N-dealkylation sites (tertiary alicyclic amines) is 1. The van der Waals surface area contributed by atoms with Crippen molar-refractivity contribution in [2.75, 3.05) is 26.7 Å². The number of nitrogens with zero attached hydrogens (tertiary/aromatic N) is 4. The van der Waals surface area contributed by atoms with Crippen molar-refractivity contribution in [1.29, 1.82) is 0 Å². The van der Waals surface area contributed by atoms with Gasteiger partial charge >= 0.3 is 0 Å². The summed E-state index contributed by atoms with van der Waals surface area (Å²) in [5.74, 6) is 0.513. The quantitative estimate of drug-likeness (QED) is 0.857. The van der Waals surface area contributed by atoms with Crippen molar-refractivity contribution < 1.29 is 9.90 Å². The number of carbonyl (C=O) groups excluding carboxylic acids is 1. The van der Waals surface area contributed by atoms with Gasteiger partial charge < -0.3 is 10.0 Å². The van der Waals surface area contributed by atoms with Gasteiger partial charge in [0.15, 0.2) is 0 Å². The molecule has 0 spiro atoms. The fraction of sp³-hybridized carbons (Fsp3) is 0.733. The van der Waals surface area contributed by atoms with Gasteiger partial charge in [0, 0.05) is 32.4 Å². The van der Waals surface area contributed by atoms with E-state index in [1.165, 1.54) is 0 Å². The van der Waals surface area contributed by atoms with Crippen LogP contribution in [0.25, 0.3) is 0 Å². The van der Waals surface area contributed by atoms with E-state index in [-0.39, 0.29) is 12.0 Å². The monoisotopic (exact) mass is 294 g/mol. The number of likely N-dealkylation sites (N-methyl/N-ethyl adjacent to an activating group) is 1. The molecule has 0 aliphatic carbocycles. The molecule has 1 aliphatic rings. The summed E-state index contributed by atoms with van der Waals surface area (Å²) in [7, 11) is 3.70. The average molecular weight is 294 g/mol. The Morgan fingerprint density at radius 3 is 2.71 bits per heavy atom. The number of carbonyl (C=O) groups is 1. The molecule has 1 atom stereocenters. The second-order valence-electron chi connectivity index (χ2n) is 6.13. The van der Waals surface area contributed by atoms with E-state index in [0.29, 0.717) is 19.0 Å². The molecule has 1 amide bonds. The van der Waals surface area contributed by atoms with Gasteiger partial charge in [-0.2, -0.15) is 5.10 Å². The van der Waals surface area contributed by atoms with Gasteiger partial charge in [0.1, 0.15) is 0 Å². The largest absolute Gasteiger partial charge is 0.393 e. The zero-order valence-electron chi connectivity index (χ0n) is 13.2. The highest BCUT2D eigenvalue weighted by Crippen LogP contribution is 2.20. The average Bonchev–Trinajstić information content (AvgIpc) is 2.84. The normalized spacial score (nSPS) is 18.7. The first-order valence-electron chi connectivity index (χ1n) is 7.57. The van der Waals surface area contributed by atoms with Crippen molar-refractivity contribution >= 4 is 5.91 Å². The molecule has 1 aromatic heterocycles. The van der Waals surface area contributed by atoms with Gasteiger partial charge in [-0.05, 0) is 38.8 Å². The minimum Gasteiger partial charge on any atom is -0.393 e. The maximum Gasteiger partial charge on any atom is 0.236 e. The van der Waals surface area contributed by atoms with E-state index in [0.717, 1.165) is 31.5 Å².